The maximum absolute atomic E-state index is 5.69. The quantitative estimate of drug-likeness (QED) is 0.718. The van der Waals surface area contributed by atoms with Crippen LogP contribution in [-0.4, -0.2) is 19.7 Å². The molecular weight excluding hydrogens is 246 g/mol. The molecule has 20 heavy (non-hydrogen) atoms. The molecule has 1 aliphatic heterocycles. The van der Waals surface area contributed by atoms with Gasteiger partial charge in [0.2, 0.25) is 0 Å². The van der Waals surface area contributed by atoms with E-state index in [1.165, 1.54) is 57.2 Å². The highest BCUT2D eigenvalue weighted by atomic mass is 16.5. The smallest absolute Gasteiger partial charge is 0.119 e. The van der Waals surface area contributed by atoms with Gasteiger partial charge in [0.1, 0.15) is 5.75 Å². The van der Waals surface area contributed by atoms with Crippen molar-refractivity contribution < 1.29 is 4.74 Å². The number of ether oxygens (including phenoxy) is 1. The molecule has 0 aliphatic carbocycles. The third-order valence-corrected chi connectivity index (χ3v) is 4.17. The molecule has 1 aromatic rings. The van der Waals surface area contributed by atoms with Crippen molar-refractivity contribution >= 4 is 0 Å². The van der Waals surface area contributed by atoms with Crippen LogP contribution in [0.4, 0.5) is 0 Å². The molecule has 1 atom stereocenters. The fourth-order valence-corrected chi connectivity index (χ4v) is 2.85. The van der Waals surface area contributed by atoms with Crippen molar-refractivity contribution in [2.24, 2.45) is 5.92 Å². The van der Waals surface area contributed by atoms with Gasteiger partial charge in [-0.1, -0.05) is 25.5 Å². The summed E-state index contributed by atoms with van der Waals surface area (Å²) in [5, 5.41) is 3.50. The first-order valence-corrected chi connectivity index (χ1v) is 8.31. The number of nitrogens with one attached hydrogen (secondary N) is 1. The summed E-state index contributed by atoms with van der Waals surface area (Å²) in [5.74, 6) is 1.92. The lowest BCUT2D eigenvalue weighted by Gasteiger charge is -2.22. The van der Waals surface area contributed by atoms with Gasteiger partial charge in [0.25, 0.3) is 0 Å². The van der Waals surface area contributed by atoms with Crippen LogP contribution in [0.15, 0.2) is 24.3 Å². The average Bonchev–Trinajstić information content (AvgIpc) is 2.50. The van der Waals surface area contributed by atoms with Crippen LogP contribution < -0.4 is 10.1 Å². The predicted octanol–water partition coefficient (Wildman–Crippen LogP) is 4.19. The molecule has 1 unspecified atom stereocenters. The van der Waals surface area contributed by atoms with E-state index in [-0.39, 0.29) is 0 Å². The Kier molecular flexibility index (Phi) is 6.93. The molecule has 1 saturated heterocycles. The topological polar surface area (TPSA) is 21.3 Å². The van der Waals surface area contributed by atoms with E-state index < -0.39 is 0 Å². The second-order valence-corrected chi connectivity index (χ2v) is 5.95. The molecule has 0 bridgehead atoms. The summed E-state index contributed by atoms with van der Waals surface area (Å²) in [7, 11) is 0. The summed E-state index contributed by atoms with van der Waals surface area (Å²) < 4.78 is 5.69. The molecule has 112 valence electrons. The number of benzene rings is 1. The third kappa shape index (κ3) is 5.54. The average molecular weight is 275 g/mol. The van der Waals surface area contributed by atoms with Crippen LogP contribution in [-0.2, 0) is 6.42 Å². The molecule has 2 nitrogen and oxygen atoms in total. The van der Waals surface area contributed by atoms with E-state index in [2.05, 4.69) is 36.5 Å². The summed E-state index contributed by atoms with van der Waals surface area (Å²) in [4.78, 5) is 0. The molecule has 1 N–H and O–H groups in total. The largest absolute Gasteiger partial charge is 0.494 e. The molecule has 1 heterocycles. The van der Waals surface area contributed by atoms with Gasteiger partial charge in [0.15, 0.2) is 0 Å². The lowest BCUT2D eigenvalue weighted by atomic mass is 9.93. The summed E-state index contributed by atoms with van der Waals surface area (Å²) in [6.07, 6.45) is 8.97. The van der Waals surface area contributed by atoms with Crippen LogP contribution >= 0.6 is 0 Å². The number of hydrogen-bond acceptors (Lipinski definition) is 2. The molecule has 0 amide bonds. The van der Waals surface area contributed by atoms with Gasteiger partial charge in [-0.05, 0) is 75.2 Å². The van der Waals surface area contributed by atoms with Crippen LogP contribution in [0.2, 0.25) is 0 Å². The molecule has 2 heteroatoms. The Morgan fingerprint density at radius 3 is 2.75 bits per heavy atom. The van der Waals surface area contributed by atoms with E-state index >= 15 is 0 Å². The molecule has 2 rings (SSSR count). The fourth-order valence-electron chi connectivity index (χ4n) is 2.85. The highest BCUT2D eigenvalue weighted by molar-refractivity contribution is 5.27. The zero-order valence-electron chi connectivity index (χ0n) is 12.9. The van der Waals surface area contributed by atoms with Crippen LogP contribution in [0.5, 0.6) is 5.75 Å². The zero-order valence-corrected chi connectivity index (χ0v) is 12.9. The first kappa shape index (κ1) is 15.4. The van der Waals surface area contributed by atoms with Gasteiger partial charge in [-0.2, -0.15) is 0 Å². The van der Waals surface area contributed by atoms with E-state index in [1.807, 2.05) is 0 Å². The molecule has 0 radical (unpaired) electrons. The second-order valence-electron chi connectivity index (χ2n) is 5.95. The fraction of sp³-hybridized carbons (Fsp3) is 0.667. The van der Waals surface area contributed by atoms with Crippen molar-refractivity contribution in [2.75, 3.05) is 19.7 Å². The monoisotopic (exact) mass is 275 g/mol. The molecule has 0 aromatic heterocycles. The number of unbranched alkanes of at least 4 members (excludes halogenated alkanes) is 1. The Morgan fingerprint density at radius 2 is 2.05 bits per heavy atom. The van der Waals surface area contributed by atoms with Crippen molar-refractivity contribution in [1.82, 2.24) is 5.32 Å². The minimum Gasteiger partial charge on any atom is -0.494 e. The van der Waals surface area contributed by atoms with Gasteiger partial charge in [-0.25, -0.2) is 0 Å². The molecule has 0 saturated carbocycles. The molecular formula is C18H29NO. The standard InChI is InChI=1S/C18H29NO/c1-2-3-14-20-18-11-9-16(10-12-18)6-4-7-17-8-5-13-19-15-17/h9-12,17,19H,2-8,13-15H2,1H3. The maximum atomic E-state index is 5.69. The highest BCUT2D eigenvalue weighted by Gasteiger charge is 2.12. The van der Waals surface area contributed by atoms with E-state index in [0.717, 1.165) is 24.7 Å². The van der Waals surface area contributed by atoms with E-state index in [9.17, 15) is 0 Å². The van der Waals surface area contributed by atoms with Crippen LogP contribution in [0.25, 0.3) is 0 Å². The Hall–Kier alpha value is -1.02. The highest BCUT2D eigenvalue weighted by Crippen LogP contribution is 2.19. The summed E-state index contributed by atoms with van der Waals surface area (Å²) in [6, 6.07) is 8.68. The van der Waals surface area contributed by atoms with E-state index in [0.29, 0.717) is 0 Å². The first-order valence-electron chi connectivity index (χ1n) is 8.31. The van der Waals surface area contributed by atoms with Crippen molar-refractivity contribution in [3.63, 3.8) is 0 Å². The Morgan fingerprint density at radius 1 is 1.20 bits per heavy atom. The SMILES string of the molecule is CCCCOc1ccc(CCCC2CCCNC2)cc1. The van der Waals surface area contributed by atoms with Crippen molar-refractivity contribution in [3.8, 4) is 5.75 Å². The second kappa shape index (κ2) is 9.02. The number of rotatable bonds is 8. The lowest BCUT2D eigenvalue weighted by molar-refractivity contribution is 0.309. The van der Waals surface area contributed by atoms with Crippen LogP contribution in [0.3, 0.4) is 0 Å². The zero-order chi connectivity index (χ0) is 14.0. The van der Waals surface area contributed by atoms with Crippen LogP contribution in [0.1, 0.15) is 51.0 Å². The summed E-state index contributed by atoms with van der Waals surface area (Å²) in [5.41, 5.74) is 1.44. The van der Waals surface area contributed by atoms with Gasteiger partial charge in [-0.3, -0.25) is 0 Å². The van der Waals surface area contributed by atoms with E-state index in [4.69, 9.17) is 4.74 Å². The molecule has 1 fully saturated rings. The molecule has 1 aliphatic rings. The normalized spacial score (nSPS) is 18.9. The van der Waals surface area contributed by atoms with E-state index in [1.54, 1.807) is 0 Å². The maximum Gasteiger partial charge on any atom is 0.119 e. The van der Waals surface area contributed by atoms with Crippen LogP contribution in [0, 0.1) is 5.92 Å². The van der Waals surface area contributed by atoms with Crippen molar-refractivity contribution in [2.45, 2.75) is 51.9 Å². The van der Waals surface area contributed by atoms with Crippen molar-refractivity contribution in [1.29, 1.82) is 0 Å². The number of hydrogen-bond donors (Lipinski definition) is 1. The van der Waals surface area contributed by atoms with Crippen molar-refractivity contribution in [3.05, 3.63) is 29.8 Å². The van der Waals surface area contributed by atoms with Gasteiger partial charge < -0.3 is 10.1 Å². The lowest BCUT2D eigenvalue weighted by Crippen LogP contribution is -2.29. The Bertz CT molecular complexity index is 354. The summed E-state index contributed by atoms with van der Waals surface area (Å²) >= 11 is 0. The van der Waals surface area contributed by atoms with Gasteiger partial charge in [-0.15, -0.1) is 0 Å². The van der Waals surface area contributed by atoms with Gasteiger partial charge in [0, 0.05) is 0 Å². The van der Waals surface area contributed by atoms with Gasteiger partial charge in [0.05, 0.1) is 6.61 Å². The minimum atomic E-state index is 0.838. The minimum absolute atomic E-state index is 0.838. The third-order valence-electron chi connectivity index (χ3n) is 4.17. The van der Waals surface area contributed by atoms with Gasteiger partial charge >= 0.3 is 0 Å². The first-order chi connectivity index (χ1) is 9.88. The molecule has 1 aromatic carbocycles. The Balaban J connectivity index is 1.65. The number of piperidine rings is 1. The number of aryl methyl sites for hydroxylation is 1. The predicted molar refractivity (Wildman–Crippen MR) is 85.4 cm³/mol. The summed E-state index contributed by atoms with van der Waals surface area (Å²) in [6.45, 7) is 5.47. The Labute approximate surface area is 123 Å². The molecule has 0 spiro atoms.